The molecule has 1 fully saturated rings. The second-order valence-corrected chi connectivity index (χ2v) is 8.16. The third-order valence-electron chi connectivity index (χ3n) is 5.84. The fraction of sp³-hybridized carbons (Fsp3) is 0.462. The van der Waals surface area contributed by atoms with E-state index in [-0.39, 0.29) is 17.8 Å². The van der Waals surface area contributed by atoms with Gasteiger partial charge >= 0.3 is 0 Å². The lowest BCUT2D eigenvalue weighted by atomic mass is 9.89. The average Bonchev–Trinajstić information content (AvgIpc) is 2.75. The number of hydrogen-bond acceptors (Lipinski definition) is 1. The fourth-order valence-electron chi connectivity index (χ4n) is 4.01. The van der Waals surface area contributed by atoms with Crippen LogP contribution in [0.4, 0.5) is 13.2 Å². The van der Waals surface area contributed by atoms with Crippen LogP contribution in [-0.2, 0) is 17.6 Å². The summed E-state index contributed by atoms with van der Waals surface area (Å²) in [7, 11) is 0. The first-order chi connectivity index (χ1) is 14.5. The van der Waals surface area contributed by atoms with Crippen LogP contribution in [0.2, 0.25) is 0 Å². The maximum atomic E-state index is 14.6. The van der Waals surface area contributed by atoms with Gasteiger partial charge in [-0.15, -0.1) is 0 Å². The predicted octanol–water partition coefficient (Wildman–Crippen LogP) is 7.38. The van der Waals surface area contributed by atoms with Crippen molar-refractivity contribution in [3.05, 3.63) is 76.1 Å². The van der Waals surface area contributed by atoms with E-state index in [1.54, 1.807) is 30.3 Å². The van der Waals surface area contributed by atoms with Crippen molar-refractivity contribution in [2.75, 3.05) is 6.61 Å². The summed E-state index contributed by atoms with van der Waals surface area (Å²) < 4.78 is 49.1. The third kappa shape index (κ3) is 5.54. The number of rotatable bonds is 8. The summed E-state index contributed by atoms with van der Waals surface area (Å²) in [6.07, 6.45) is 9.06. The van der Waals surface area contributed by atoms with Gasteiger partial charge in [0.25, 0.3) is 0 Å². The maximum Gasteiger partial charge on any atom is 0.162 e. The molecule has 0 bridgehead atoms. The molecule has 1 nitrogen and oxygen atoms in total. The first kappa shape index (κ1) is 22.6. The van der Waals surface area contributed by atoms with Crippen LogP contribution < -0.4 is 0 Å². The molecule has 3 rings (SSSR count). The number of unbranched alkanes of at least 4 members (excludes halogenated alkanes) is 1. The van der Waals surface area contributed by atoms with Crippen molar-refractivity contribution in [2.45, 2.75) is 70.8 Å². The summed E-state index contributed by atoms with van der Waals surface area (Å²) in [5.74, 6) is -1.84. The van der Waals surface area contributed by atoms with Crippen LogP contribution in [0, 0.1) is 17.5 Å². The van der Waals surface area contributed by atoms with Crippen molar-refractivity contribution < 1.29 is 17.9 Å². The minimum absolute atomic E-state index is 0.146. The lowest BCUT2D eigenvalue weighted by molar-refractivity contribution is 0.0322. The molecule has 2 aromatic carbocycles. The van der Waals surface area contributed by atoms with Gasteiger partial charge < -0.3 is 4.74 Å². The zero-order chi connectivity index (χ0) is 21.5. The summed E-state index contributed by atoms with van der Waals surface area (Å²) in [6.45, 7) is 4.43. The monoisotopic (exact) mass is 416 g/mol. The lowest BCUT2D eigenvalue weighted by Crippen LogP contribution is -2.24. The molecular formula is C26H31F3O. The molecule has 0 spiro atoms. The number of benzene rings is 2. The molecule has 2 unspecified atom stereocenters. The molecule has 162 valence electrons. The zero-order valence-corrected chi connectivity index (χ0v) is 17.9. The molecule has 1 aliphatic rings. The third-order valence-corrected chi connectivity index (χ3v) is 5.84. The highest BCUT2D eigenvalue weighted by Gasteiger charge is 2.26. The largest absolute Gasteiger partial charge is 0.374 e. The van der Waals surface area contributed by atoms with Gasteiger partial charge in [0, 0.05) is 11.5 Å². The van der Waals surface area contributed by atoms with E-state index in [9.17, 15) is 13.2 Å². The van der Waals surface area contributed by atoms with E-state index >= 15 is 0 Å². The molecule has 0 amide bonds. The standard InChI is InChI=1S/C26H31F3O/c1-3-5-7-20-12-15-23(26(29)25(20)28)21-11-14-22(30-17-21)13-10-19-9-8-18(6-4-2)16-24(19)27/h8-10,12-13,15-16,21-22H,3-7,11,14,17H2,1-2H3/b13-10+. The Morgan fingerprint density at radius 1 is 0.967 bits per heavy atom. The number of halogens is 3. The summed E-state index contributed by atoms with van der Waals surface area (Å²) in [6, 6.07) is 8.75. The summed E-state index contributed by atoms with van der Waals surface area (Å²) >= 11 is 0. The summed E-state index contributed by atoms with van der Waals surface area (Å²) in [5, 5.41) is 0. The molecule has 0 aliphatic carbocycles. The Morgan fingerprint density at radius 2 is 1.80 bits per heavy atom. The van der Waals surface area contributed by atoms with E-state index in [1.165, 1.54) is 0 Å². The van der Waals surface area contributed by atoms with Gasteiger partial charge in [0.05, 0.1) is 12.7 Å². The Kier molecular flexibility index (Phi) is 8.15. The van der Waals surface area contributed by atoms with Gasteiger partial charge in [-0.2, -0.15) is 0 Å². The predicted molar refractivity (Wildman–Crippen MR) is 116 cm³/mol. The first-order valence-electron chi connectivity index (χ1n) is 11.1. The maximum absolute atomic E-state index is 14.6. The average molecular weight is 417 g/mol. The molecular weight excluding hydrogens is 385 g/mol. The smallest absolute Gasteiger partial charge is 0.162 e. The van der Waals surface area contributed by atoms with Gasteiger partial charge in [-0.25, -0.2) is 13.2 Å². The van der Waals surface area contributed by atoms with Crippen LogP contribution in [0.15, 0.2) is 36.4 Å². The fourth-order valence-corrected chi connectivity index (χ4v) is 4.01. The van der Waals surface area contributed by atoms with Gasteiger partial charge in [0.1, 0.15) is 5.82 Å². The Hall–Kier alpha value is -2.07. The molecule has 2 aromatic rings. The molecule has 0 radical (unpaired) electrons. The minimum Gasteiger partial charge on any atom is -0.374 e. The van der Waals surface area contributed by atoms with Crippen molar-refractivity contribution in [3.63, 3.8) is 0 Å². The van der Waals surface area contributed by atoms with Crippen molar-refractivity contribution in [1.29, 1.82) is 0 Å². The molecule has 2 atom stereocenters. The van der Waals surface area contributed by atoms with Gasteiger partial charge in [-0.05, 0) is 54.9 Å². The summed E-state index contributed by atoms with van der Waals surface area (Å²) in [4.78, 5) is 0. The van der Waals surface area contributed by atoms with E-state index < -0.39 is 11.6 Å². The molecule has 1 saturated heterocycles. The SMILES string of the molecule is CCCCc1ccc(C2CCC(/C=C/c3ccc(CCC)cc3F)OC2)c(F)c1F. The van der Waals surface area contributed by atoms with E-state index in [1.807, 2.05) is 19.1 Å². The Bertz CT molecular complexity index is 867. The van der Waals surface area contributed by atoms with E-state index in [0.717, 1.165) is 31.2 Å². The van der Waals surface area contributed by atoms with Gasteiger partial charge in [-0.1, -0.05) is 63.1 Å². The van der Waals surface area contributed by atoms with Crippen molar-refractivity contribution in [1.82, 2.24) is 0 Å². The highest BCUT2D eigenvalue weighted by atomic mass is 19.2. The van der Waals surface area contributed by atoms with Crippen LogP contribution in [-0.4, -0.2) is 12.7 Å². The Morgan fingerprint density at radius 3 is 2.47 bits per heavy atom. The van der Waals surface area contributed by atoms with E-state index in [2.05, 4.69) is 6.92 Å². The van der Waals surface area contributed by atoms with Crippen molar-refractivity contribution in [2.24, 2.45) is 0 Å². The Labute approximate surface area is 178 Å². The van der Waals surface area contributed by atoms with Gasteiger partial charge in [-0.3, -0.25) is 0 Å². The highest BCUT2D eigenvalue weighted by molar-refractivity contribution is 5.51. The first-order valence-corrected chi connectivity index (χ1v) is 11.1. The second-order valence-electron chi connectivity index (χ2n) is 8.16. The normalized spacial score (nSPS) is 19.5. The number of hydrogen-bond donors (Lipinski definition) is 0. The molecule has 1 heterocycles. The molecule has 30 heavy (non-hydrogen) atoms. The summed E-state index contributed by atoms with van der Waals surface area (Å²) in [5.41, 5.74) is 2.38. The highest BCUT2D eigenvalue weighted by Crippen LogP contribution is 2.32. The number of aryl methyl sites for hydroxylation is 2. The van der Waals surface area contributed by atoms with Crippen LogP contribution >= 0.6 is 0 Å². The van der Waals surface area contributed by atoms with Crippen molar-refractivity contribution in [3.8, 4) is 0 Å². The number of ether oxygens (including phenoxy) is 1. The van der Waals surface area contributed by atoms with Crippen molar-refractivity contribution >= 4 is 6.08 Å². The lowest BCUT2D eigenvalue weighted by Gasteiger charge is -2.28. The topological polar surface area (TPSA) is 9.23 Å². The minimum atomic E-state index is -0.736. The van der Waals surface area contributed by atoms with Crippen LogP contribution in [0.1, 0.15) is 74.1 Å². The van der Waals surface area contributed by atoms with Crippen LogP contribution in [0.5, 0.6) is 0 Å². The molecule has 1 aliphatic heterocycles. The van der Waals surface area contributed by atoms with Crippen LogP contribution in [0.3, 0.4) is 0 Å². The van der Waals surface area contributed by atoms with Gasteiger partial charge in [0.15, 0.2) is 11.6 Å². The molecule has 0 N–H and O–H groups in total. The quantitative estimate of drug-likeness (QED) is 0.436. The van der Waals surface area contributed by atoms with E-state index in [0.29, 0.717) is 42.6 Å². The van der Waals surface area contributed by atoms with Crippen LogP contribution in [0.25, 0.3) is 6.08 Å². The second kappa shape index (κ2) is 10.8. The van der Waals surface area contributed by atoms with Gasteiger partial charge in [0.2, 0.25) is 0 Å². The van der Waals surface area contributed by atoms with E-state index in [4.69, 9.17) is 4.74 Å². The Balaban J connectivity index is 1.60. The molecule has 4 heteroatoms. The zero-order valence-electron chi connectivity index (χ0n) is 17.9. The molecule has 0 aromatic heterocycles. The molecule has 0 saturated carbocycles.